The van der Waals surface area contributed by atoms with Gasteiger partial charge in [-0.15, -0.1) is 0 Å². The molecule has 3 radical (unpaired) electrons. The van der Waals surface area contributed by atoms with Crippen molar-refractivity contribution in [1.82, 2.24) is 26.9 Å². The first-order chi connectivity index (χ1) is 18.9. The fourth-order valence-electron chi connectivity index (χ4n) is 1.84. The van der Waals surface area contributed by atoms with Crippen LogP contribution in [0, 0.1) is 134 Å². The Labute approximate surface area is 453 Å². The maximum Gasteiger partial charge on any atom is 0.335 e. The summed E-state index contributed by atoms with van der Waals surface area (Å²) in [4.78, 5) is 10.9. The summed E-state index contributed by atoms with van der Waals surface area (Å²) in [5.74, 6) is 0.260. The van der Waals surface area contributed by atoms with Crippen LogP contribution in [0.15, 0.2) is 56.2 Å². The van der Waals surface area contributed by atoms with Crippen LogP contribution in [-0.4, -0.2) is 69.9 Å². The summed E-state index contributed by atoms with van der Waals surface area (Å²) in [7, 11) is -9.46. The standard InChI is InChI=1S/C6H6N4O2S.C6H9N2O2S.C4H9O2S.C3H7.3C2H6.CH4.3Ar.3Y/c11-13(12,9-3-1-7-5-9)10-4-2-8-6-10;1-2-5-11(9,10)8-4-3-7-6-8;1-3-4-7(2,5)6;1-3-2;3*1-2;;;;;;;/h1-6H;3-4,6H,1-2,5H2;1,3-4H2,2H3;1,3H2,2H3;3*1-2H3;1H4;;;;;;/q;3*-1;;;;;;;;;;. The van der Waals surface area contributed by atoms with Gasteiger partial charge in [0, 0.05) is 266 Å². The normalized spacial score (nSPS) is 8.49. The van der Waals surface area contributed by atoms with Gasteiger partial charge in [0.15, 0.2) is 0 Å². The molecule has 3 aromatic heterocycles. The summed E-state index contributed by atoms with van der Waals surface area (Å²) in [6.45, 7) is 24.4. The zero-order valence-electron chi connectivity index (χ0n) is 28.0. The Kier molecular flexibility index (Phi) is 89.8. The van der Waals surface area contributed by atoms with E-state index in [2.05, 4.69) is 35.7 Å². The van der Waals surface area contributed by atoms with Crippen LogP contribution in [0.3, 0.4) is 0 Å². The van der Waals surface area contributed by atoms with E-state index in [-0.39, 0.29) is 230 Å². The summed E-state index contributed by atoms with van der Waals surface area (Å²) >= 11 is 0. The Balaban J connectivity index is -0.0000000392. The Bertz CT molecular complexity index is 1200. The van der Waals surface area contributed by atoms with E-state index >= 15 is 0 Å². The summed E-state index contributed by atoms with van der Waals surface area (Å²) in [5.41, 5.74) is 0. The molecule has 0 aliphatic heterocycles. The van der Waals surface area contributed by atoms with E-state index in [0.717, 1.165) is 18.3 Å². The molecule has 3 heterocycles. The third kappa shape index (κ3) is 44.9. The minimum absolute atomic E-state index is 0. The minimum Gasteiger partial charge on any atom is -0.344 e. The Hall–Kier alpha value is 4.57. The van der Waals surface area contributed by atoms with E-state index in [1.807, 2.05) is 48.5 Å². The maximum absolute atomic E-state index is 11.6. The maximum atomic E-state index is 11.6. The Morgan fingerprint density at radius 1 is 0.574 bits per heavy atom. The van der Waals surface area contributed by atoms with Crippen LogP contribution in [-0.2, 0) is 128 Å². The van der Waals surface area contributed by atoms with E-state index in [9.17, 15) is 25.3 Å². The van der Waals surface area contributed by atoms with Gasteiger partial charge in [0.1, 0.15) is 28.8 Å². The number of hydrogen-bond donors (Lipinski definition) is 0. The third-order valence-corrected chi connectivity index (χ3v) is 7.40. The summed E-state index contributed by atoms with van der Waals surface area (Å²) in [5, 5.41) is 0. The topological polar surface area (TPSA) is 156 Å². The first-order valence-electron chi connectivity index (χ1n) is 12.8. The average molecular weight is 1030 g/mol. The quantitative estimate of drug-likeness (QED) is 0.291. The van der Waals surface area contributed by atoms with Gasteiger partial charge in [0.25, 0.3) is 0 Å². The van der Waals surface area contributed by atoms with Gasteiger partial charge >= 0.3 is 10.2 Å². The van der Waals surface area contributed by atoms with Crippen molar-refractivity contribution in [3.8, 4) is 0 Å². The van der Waals surface area contributed by atoms with Crippen molar-refractivity contribution in [1.29, 1.82) is 0 Å². The molecule has 21 heteroatoms. The van der Waals surface area contributed by atoms with E-state index in [0.29, 0.717) is 12.8 Å². The molecule has 0 unspecified atom stereocenters. The SMILES string of the molecule is C.CC.CC.CC.O=S(=O)(n1ccnc1)n1ccnc1.[Ar].[Ar].[Ar].[CH2-]CC.[CH2-]CCS(=O)(=O)n1ccnc1.[CH2-]CCS(C)(=O)=O.[Y].[Y].[Y]. The average Bonchev–Trinajstić information content (AvgIpc) is 3.72. The molecule has 3 aromatic rings. The molecule has 0 aromatic carbocycles. The predicted octanol–water partition coefficient (Wildman–Crippen LogP) is 5.20. The van der Waals surface area contributed by atoms with Gasteiger partial charge < -0.3 is 20.8 Å². The van der Waals surface area contributed by atoms with Crippen LogP contribution in [0.5, 0.6) is 0 Å². The molecule has 0 saturated carbocycles. The molecule has 3 rings (SSSR count). The summed E-state index contributed by atoms with van der Waals surface area (Å²) in [6, 6.07) is 0. The van der Waals surface area contributed by atoms with Crippen molar-refractivity contribution in [2.45, 2.75) is 75.2 Å². The van der Waals surface area contributed by atoms with Gasteiger partial charge in [-0.3, -0.25) is 0 Å². The molecule has 0 N–H and O–H groups in total. The molecule has 0 saturated heterocycles. The molecule has 0 amide bonds. The fourth-order valence-corrected chi connectivity index (χ4v) is 4.36. The predicted molar refractivity (Wildman–Crippen MR) is 172 cm³/mol. The van der Waals surface area contributed by atoms with Crippen LogP contribution in [0.1, 0.15) is 75.2 Å². The fraction of sp³-hybridized carbons (Fsp3) is 0.538. The molecule has 0 atom stereocenters. The van der Waals surface area contributed by atoms with Gasteiger partial charge in [-0.1, -0.05) is 55.9 Å². The zero-order chi connectivity index (χ0) is 32.3. The Morgan fingerprint density at radius 3 is 1.00 bits per heavy atom. The van der Waals surface area contributed by atoms with Crippen LogP contribution in [0.2, 0.25) is 0 Å². The number of hydrogen-bond acceptors (Lipinski definition) is 9. The number of nitrogens with zero attached hydrogens (tertiary/aromatic N) is 6. The zero-order valence-corrected chi connectivity index (χ0v) is 41.1. The molecule has 0 aliphatic carbocycles. The molecule has 0 spiro atoms. The Morgan fingerprint density at radius 2 is 0.830 bits per heavy atom. The van der Waals surface area contributed by atoms with E-state index < -0.39 is 30.1 Å². The van der Waals surface area contributed by atoms with E-state index in [1.165, 1.54) is 62.4 Å². The number of imidazole rings is 3. The van der Waals surface area contributed by atoms with Gasteiger partial charge in [0.2, 0.25) is 10.0 Å². The molecule has 0 fully saturated rings. The van der Waals surface area contributed by atoms with Crippen LogP contribution < -0.4 is 0 Å². The van der Waals surface area contributed by atoms with Crippen molar-refractivity contribution in [2.75, 3.05) is 17.8 Å². The van der Waals surface area contributed by atoms with Crippen molar-refractivity contribution < 1.29 is 237 Å². The molecule has 0 bridgehead atoms. The molecule has 47 heavy (non-hydrogen) atoms. The third-order valence-electron chi connectivity index (χ3n) is 3.21. The molecule has 0 aliphatic rings. The summed E-state index contributed by atoms with van der Waals surface area (Å²) < 4.78 is 69.1. The van der Waals surface area contributed by atoms with Gasteiger partial charge in [0.05, 0.1) is 0 Å². The molecular weight excluding hydrogens is 975 g/mol. The molecule has 12 nitrogen and oxygen atoms in total. The number of sulfone groups is 1. The van der Waals surface area contributed by atoms with E-state index in [1.54, 1.807) is 0 Å². The second kappa shape index (κ2) is 52.7. The second-order valence-electron chi connectivity index (χ2n) is 6.34. The number of rotatable bonds is 7. The first kappa shape index (κ1) is 80.1. The van der Waals surface area contributed by atoms with Crippen LogP contribution in [0.25, 0.3) is 0 Å². The van der Waals surface area contributed by atoms with E-state index in [4.69, 9.17) is 0 Å². The van der Waals surface area contributed by atoms with Crippen molar-refractivity contribution >= 4 is 30.1 Å². The van der Waals surface area contributed by atoms with Crippen LogP contribution in [0.4, 0.5) is 0 Å². The van der Waals surface area contributed by atoms with Crippen LogP contribution >= 0.6 is 0 Å². The largest absolute Gasteiger partial charge is 0.344 e. The monoisotopic (exact) mass is 1030 g/mol. The van der Waals surface area contributed by atoms with Gasteiger partial charge in [-0.05, 0) is 0 Å². The first-order valence-corrected chi connectivity index (χ1v) is 17.9. The molecular formula is C26H53Ar3N6O6S3Y3-3. The number of aromatic nitrogens is 6. The molecule has 277 valence electrons. The summed E-state index contributed by atoms with van der Waals surface area (Å²) in [6.07, 6.45) is 15.1. The second-order valence-corrected chi connectivity index (χ2v) is 12.3. The van der Waals surface area contributed by atoms with Crippen molar-refractivity contribution in [2.24, 2.45) is 0 Å². The van der Waals surface area contributed by atoms with Gasteiger partial charge in [-0.25, -0.2) is 43.7 Å². The van der Waals surface area contributed by atoms with Crippen molar-refractivity contribution in [3.05, 3.63) is 76.9 Å². The minimum atomic E-state index is -3.54. The van der Waals surface area contributed by atoms with Gasteiger partial charge in [-0.2, -0.15) is 27.7 Å². The van der Waals surface area contributed by atoms with Crippen molar-refractivity contribution in [3.63, 3.8) is 0 Å². The smallest absolute Gasteiger partial charge is 0.335 e.